The first-order chi connectivity index (χ1) is 12.9. The average molecular weight is 388 g/mol. The molecule has 27 heavy (non-hydrogen) atoms. The Morgan fingerprint density at radius 1 is 1.33 bits per heavy atom. The van der Waals surface area contributed by atoms with E-state index >= 15 is 0 Å². The minimum Gasteiger partial charge on any atom is -0.491 e. The number of fused-ring (bicyclic) bond motifs is 1. The molecule has 3 rings (SSSR count). The molecule has 1 aromatic heterocycles. The van der Waals surface area contributed by atoms with E-state index in [0.717, 1.165) is 4.88 Å². The van der Waals surface area contributed by atoms with Crippen molar-refractivity contribution < 1.29 is 24.2 Å². The van der Waals surface area contributed by atoms with Crippen LogP contribution in [0.15, 0.2) is 35.7 Å². The lowest BCUT2D eigenvalue weighted by molar-refractivity contribution is -0.137. The molecule has 2 aromatic rings. The zero-order valence-corrected chi connectivity index (χ0v) is 15.6. The van der Waals surface area contributed by atoms with E-state index in [4.69, 9.17) is 9.84 Å². The van der Waals surface area contributed by atoms with Gasteiger partial charge in [-0.3, -0.25) is 14.4 Å². The van der Waals surface area contributed by atoms with Crippen molar-refractivity contribution in [3.05, 3.63) is 46.2 Å². The van der Waals surface area contributed by atoms with E-state index in [2.05, 4.69) is 5.32 Å². The largest absolute Gasteiger partial charge is 0.491 e. The van der Waals surface area contributed by atoms with Crippen molar-refractivity contribution in [2.24, 2.45) is 0 Å². The Hall–Kier alpha value is -2.87. The van der Waals surface area contributed by atoms with E-state index in [0.29, 0.717) is 30.2 Å². The lowest BCUT2D eigenvalue weighted by atomic mass is 9.99. The Bertz CT molecular complexity index is 850. The molecule has 2 N–H and O–H groups in total. The molecule has 1 aromatic carbocycles. The molecule has 0 unspecified atom stereocenters. The molecular formula is C19H20N2O5S. The zero-order valence-electron chi connectivity index (χ0n) is 14.8. The first-order valence-electron chi connectivity index (χ1n) is 8.51. The van der Waals surface area contributed by atoms with Crippen molar-refractivity contribution in [1.29, 1.82) is 0 Å². The molecule has 1 aliphatic heterocycles. The van der Waals surface area contributed by atoms with Crippen LogP contribution in [-0.4, -0.2) is 48.0 Å². The second kappa shape index (κ2) is 8.22. The van der Waals surface area contributed by atoms with Gasteiger partial charge < -0.3 is 20.1 Å². The van der Waals surface area contributed by atoms with Crippen molar-refractivity contribution in [1.82, 2.24) is 4.90 Å². The van der Waals surface area contributed by atoms with Crippen molar-refractivity contribution in [2.45, 2.75) is 18.8 Å². The quantitative estimate of drug-likeness (QED) is 0.793. The number of anilines is 1. The summed E-state index contributed by atoms with van der Waals surface area (Å²) in [7, 11) is 1.70. The van der Waals surface area contributed by atoms with Gasteiger partial charge in [0.1, 0.15) is 12.4 Å². The van der Waals surface area contributed by atoms with Gasteiger partial charge in [-0.25, -0.2) is 0 Å². The van der Waals surface area contributed by atoms with E-state index < -0.39 is 5.97 Å². The lowest BCUT2D eigenvalue weighted by Gasteiger charge is -2.15. The number of ether oxygens (including phenoxy) is 1. The van der Waals surface area contributed by atoms with Crippen LogP contribution in [-0.2, 0) is 9.59 Å². The number of aliphatic carboxylic acids is 1. The second-order valence-electron chi connectivity index (χ2n) is 6.35. The smallest absolute Gasteiger partial charge is 0.304 e. The van der Waals surface area contributed by atoms with Crippen LogP contribution in [0.2, 0.25) is 0 Å². The number of nitrogens with one attached hydrogen (secondary N) is 1. The van der Waals surface area contributed by atoms with Crippen LogP contribution >= 0.6 is 11.3 Å². The van der Waals surface area contributed by atoms with Gasteiger partial charge >= 0.3 is 5.97 Å². The van der Waals surface area contributed by atoms with Gasteiger partial charge in [0.25, 0.3) is 5.91 Å². The topological polar surface area (TPSA) is 95.9 Å². The Kier molecular flexibility index (Phi) is 5.75. The zero-order chi connectivity index (χ0) is 19.4. The molecule has 0 fully saturated rings. The number of likely N-dealkylation sites (N-methyl/N-ethyl adjacent to an activating group) is 1. The number of hydrogen-bond acceptors (Lipinski definition) is 5. The molecule has 0 radical (unpaired) electrons. The number of amides is 2. The lowest BCUT2D eigenvalue weighted by Crippen LogP contribution is -2.27. The predicted octanol–water partition coefficient (Wildman–Crippen LogP) is 2.80. The fourth-order valence-electron chi connectivity index (χ4n) is 2.94. The number of thiophene rings is 1. The number of rotatable bonds is 6. The summed E-state index contributed by atoms with van der Waals surface area (Å²) in [4.78, 5) is 38.4. The van der Waals surface area contributed by atoms with Gasteiger partial charge in [0.15, 0.2) is 0 Å². The SMILES string of the molecule is CN1CCOc2ccc(NC(=O)C[C@H](CC(=O)O)c3cccs3)cc2C1=O. The summed E-state index contributed by atoms with van der Waals surface area (Å²) >= 11 is 1.43. The number of carboxylic acid groups (broad SMARTS) is 1. The summed E-state index contributed by atoms with van der Waals surface area (Å²) in [5, 5.41) is 13.7. The van der Waals surface area contributed by atoms with E-state index in [-0.39, 0.29) is 30.6 Å². The first-order valence-corrected chi connectivity index (χ1v) is 9.39. The fraction of sp³-hybridized carbons (Fsp3) is 0.316. The van der Waals surface area contributed by atoms with Crippen molar-refractivity contribution in [3.63, 3.8) is 0 Å². The van der Waals surface area contributed by atoms with Crippen LogP contribution < -0.4 is 10.1 Å². The number of nitrogens with zero attached hydrogens (tertiary/aromatic N) is 1. The molecule has 1 aliphatic rings. The summed E-state index contributed by atoms with van der Waals surface area (Å²) < 4.78 is 5.57. The number of carboxylic acids is 1. The van der Waals surface area contributed by atoms with Gasteiger partial charge in [-0.15, -0.1) is 11.3 Å². The molecule has 0 aliphatic carbocycles. The molecule has 142 valence electrons. The molecule has 7 nitrogen and oxygen atoms in total. The Morgan fingerprint density at radius 3 is 2.85 bits per heavy atom. The molecule has 1 atom stereocenters. The monoisotopic (exact) mass is 388 g/mol. The molecule has 8 heteroatoms. The van der Waals surface area contributed by atoms with Crippen molar-refractivity contribution in [3.8, 4) is 5.75 Å². The average Bonchev–Trinajstić information content (AvgIpc) is 3.11. The maximum atomic E-state index is 12.5. The van der Waals surface area contributed by atoms with Gasteiger partial charge in [-0.2, -0.15) is 0 Å². The number of carbonyl (C=O) groups excluding carboxylic acids is 2. The Labute approximate surface area is 160 Å². The first kappa shape index (κ1) is 18.9. The van der Waals surface area contributed by atoms with Gasteiger partial charge in [0.05, 0.1) is 18.5 Å². The van der Waals surface area contributed by atoms with Crippen LogP contribution in [0.1, 0.15) is 34.0 Å². The normalized spacial score (nSPS) is 14.7. The van der Waals surface area contributed by atoms with Crippen molar-refractivity contribution >= 4 is 34.8 Å². The summed E-state index contributed by atoms with van der Waals surface area (Å²) in [5.74, 6) is -1.31. The Morgan fingerprint density at radius 2 is 2.15 bits per heavy atom. The van der Waals surface area contributed by atoms with Crippen LogP contribution in [0.5, 0.6) is 5.75 Å². The van der Waals surface area contributed by atoms with Gasteiger partial charge in [-0.05, 0) is 29.6 Å². The van der Waals surface area contributed by atoms with Crippen LogP contribution in [0.4, 0.5) is 5.69 Å². The third-order valence-corrected chi connectivity index (χ3v) is 5.36. The maximum absolute atomic E-state index is 12.5. The highest BCUT2D eigenvalue weighted by molar-refractivity contribution is 7.10. The standard InChI is InChI=1S/C19H20N2O5S/c1-21-6-7-26-15-5-4-13(11-14(15)19(21)25)20-17(22)9-12(10-18(23)24)16-3-2-8-27-16/h2-5,8,11-12H,6-7,9-10H2,1H3,(H,20,22)(H,23,24)/t12-/m1/s1. The second-order valence-corrected chi connectivity index (χ2v) is 7.33. The summed E-state index contributed by atoms with van der Waals surface area (Å²) in [6.07, 6.45) is -0.0660. The van der Waals surface area contributed by atoms with Gasteiger partial charge in [-0.1, -0.05) is 6.07 Å². The van der Waals surface area contributed by atoms with Crippen LogP contribution in [0, 0.1) is 0 Å². The maximum Gasteiger partial charge on any atom is 0.304 e. The molecular weight excluding hydrogens is 368 g/mol. The summed E-state index contributed by atoms with van der Waals surface area (Å²) in [6.45, 7) is 0.908. The van der Waals surface area contributed by atoms with E-state index in [1.807, 2.05) is 17.5 Å². The highest BCUT2D eigenvalue weighted by Gasteiger charge is 2.23. The van der Waals surface area contributed by atoms with Crippen LogP contribution in [0.3, 0.4) is 0 Å². The number of carbonyl (C=O) groups is 3. The third-order valence-electron chi connectivity index (χ3n) is 4.32. The highest BCUT2D eigenvalue weighted by atomic mass is 32.1. The van der Waals surface area contributed by atoms with Crippen LogP contribution in [0.25, 0.3) is 0 Å². The van der Waals surface area contributed by atoms with Gasteiger partial charge in [0, 0.05) is 30.0 Å². The molecule has 2 heterocycles. The van der Waals surface area contributed by atoms with E-state index in [1.54, 1.807) is 30.1 Å². The van der Waals surface area contributed by atoms with Gasteiger partial charge in [0.2, 0.25) is 5.91 Å². The minimum absolute atomic E-state index is 0.0498. The molecule has 0 saturated heterocycles. The van der Waals surface area contributed by atoms with E-state index in [9.17, 15) is 14.4 Å². The number of hydrogen-bond donors (Lipinski definition) is 2. The van der Waals surface area contributed by atoms with E-state index in [1.165, 1.54) is 11.3 Å². The molecule has 0 bridgehead atoms. The summed E-state index contributed by atoms with van der Waals surface area (Å²) in [5.41, 5.74) is 0.874. The summed E-state index contributed by atoms with van der Waals surface area (Å²) in [6, 6.07) is 8.60. The van der Waals surface area contributed by atoms with Crippen molar-refractivity contribution in [2.75, 3.05) is 25.5 Å². The molecule has 0 spiro atoms. The third kappa shape index (κ3) is 4.65. The molecule has 2 amide bonds. The fourth-order valence-corrected chi connectivity index (χ4v) is 3.77. The number of benzene rings is 1. The highest BCUT2D eigenvalue weighted by Crippen LogP contribution is 2.29. The predicted molar refractivity (Wildman–Crippen MR) is 101 cm³/mol. The minimum atomic E-state index is -0.947. The Balaban J connectivity index is 1.73. The molecule has 0 saturated carbocycles.